The molecule has 0 aliphatic heterocycles. The molecule has 0 aliphatic rings. The monoisotopic (exact) mass is 198 g/mol. The number of imidazole rings is 1. The first-order chi connectivity index (χ1) is 6.38. The third-order valence-corrected chi connectivity index (χ3v) is 2.84. The van der Waals surface area contributed by atoms with Gasteiger partial charge < -0.3 is 4.57 Å². The van der Waals surface area contributed by atoms with Crippen LogP contribution in [0.4, 0.5) is 0 Å². The van der Waals surface area contributed by atoms with Crippen molar-refractivity contribution in [3.8, 4) is 0 Å². The zero-order chi connectivity index (χ0) is 9.52. The maximum absolute atomic E-state index is 4.34. The minimum absolute atomic E-state index is 1.10. The van der Waals surface area contributed by atoms with E-state index in [1.165, 1.54) is 23.8 Å². The van der Waals surface area contributed by atoms with Crippen LogP contribution in [0.5, 0.6) is 0 Å². The smallest absolute Gasteiger partial charge is 0.108 e. The molecule has 3 heteroatoms. The molecule has 74 valence electrons. The SMILES string of the molecule is CCCc1nccn1CCSCC. The van der Waals surface area contributed by atoms with Crippen LogP contribution in [-0.4, -0.2) is 21.1 Å². The third-order valence-electron chi connectivity index (χ3n) is 1.96. The molecule has 1 heterocycles. The molecule has 1 aromatic rings. The molecule has 0 fully saturated rings. The number of hydrogen-bond donors (Lipinski definition) is 0. The van der Waals surface area contributed by atoms with Crippen molar-refractivity contribution >= 4 is 11.8 Å². The fraction of sp³-hybridized carbons (Fsp3) is 0.700. The Bertz CT molecular complexity index is 233. The molecule has 2 nitrogen and oxygen atoms in total. The van der Waals surface area contributed by atoms with Gasteiger partial charge in [-0.3, -0.25) is 0 Å². The molecular weight excluding hydrogens is 180 g/mol. The Morgan fingerprint density at radius 1 is 1.46 bits per heavy atom. The Labute approximate surface area is 84.7 Å². The lowest BCUT2D eigenvalue weighted by molar-refractivity contribution is 0.689. The fourth-order valence-electron chi connectivity index (χ4n) is 1.30. The Morgan fingerprint density at radius 2 is 2.31 bits per heavy atom. The van der Waals surface area contributed by atoms with Gasteiger partial charge in [0.25, 0.3) is 0 Å². The van der Waals surface area contributed by atoms with Crippen molar-refractivity contribution < 1.29 is 0 Å². The lowest BCUT2D eigenvalue weighted by Gasteiger charge is -2.05. The highest BCUT2D eigenvalue weighted by molar-refractivity contribution is 7.99. The van der Waals surface area contributed by atoms with Crippen molar-refractivity contribution in [3.63, 3.8) is 0 Å². The summed E-state index contributed by atoms with van der Waals surface area (Å²) in [5.41, 5.74) is 0. The van der Waals surface area contributed by atoms with Gasteiger partial charge in [0, 0.05) is 31.1 Å². The van der Waals surface area contributed by atoms with Crippen molar-refractivity contribution in [2.75, 3.05) is 11.5 Å². The third kappa shape index (κ3) is 3.43. The Morgan fingerprint density at radius 3 is 3.00 bits per heavy atom. The van der Waals surface area contributed by atoms with Crippen molar-refractivity contribution in [1.82, 2.24) is 9.55 Å². The Kier molecular flexibility index (Phi) is 4.98. The highest BCUT2D eigenvalue weighted by Gasteiger charge is 1.99. The highest BCUT2D eigenvalue weighted by atomic mass is 32.2. The second-order valence-electron chi connectivity index (χ2n) is 2.98. The molecule has 0 saturated heterocycles. The molecule has 1 rings (SSSR count). The van der Waals surface area contributed by atoms with E-state index < -0.39 is 0 Å². The number of thioether (sulfide) groups is 1. The van der Waals surface area contributed by atoms with Crippen LogP contribution in [0.1, 0.15) is 26.1 Å². The molecule has 13 heavy (non-hydrogen) atoms. The molecule has 1 aromatic heterocycles. The van der Waals surface area contributed by atoms with E-state index in [0.717, 1.165) is 13.0 Å². The van der Waals surface area contributed by atoms with E-state index in [9.17, 15) is 0 Å². The van der Waals surface area contributed by atoms with Crippen molar-refractivity contribution in [2.45, 2.75) is 33.2 Å². The predicted octanol–water partition coefficient (Wildman–Crippen LogP) is 2.59. The van der Waals surface area contributed by atoms with E-state index in [-0.39, 0.29) is 0 Å². The van der Waals surface area contributed by atoms with Crippen LogP contribution >= 0.6 is 11.8 Å². The molecule has 0 amide bonds. The van der Waals surface area contributed by atoms with Crippen molar-refractivity contribution in [1.29, 1.82) is 0 Å². The minimum atomic E-state index is 1.10. The van der Waals surface area contributed by atoms with Gasteiger partial charge in [-0.25, -0.2) is 4.98 Å². The van der Waals surface area contributed by atoms with Crippen molar-refractivity contribution in [2.24, 2.45) is 0 Å². The van der Waals surface area contributed by atoms with E-state index in [2.05, 4.69) is 29.6 Å². The molecule has 0 atom stereocenters. The largest absolute Gasteiger partial charge is 0.334 e. The second-order valence-corrected chi connectivity index (χ2v) is 4.38. The van der Waals surface area contributed by atoms with Gasteiger partial charge in [0.05, 0.1) is 0 Å². The quantitative estimate of drug-likeness (QED) is 0.654. The van der Waals surface area contributed by atoms with E-state index in [1.54, 1.807) is 0 Å². The predicted molar refractivity (Wildman–Crippen MR) is 59.2 cm³/mol. The minimum Gasteiger partial charge on any atom is -0.334 e. The molecular formula is C10H18N2S. The lowest BCUT2D eigenvalue weighted by atomic mass is 10.3. The van der Waals surface area contributed by atoms with E-state index in [0.29, 0.717) is 0 Å². The summed E-state index contributed by atoms with van der Waals surface area (Å²) < 4.78 is 2.27. The summed E-state index contributed by atoms with van der Waals surface area (Å²) >= 11 is 1.98. The second kappa shape index (κ2) is 6.08. The summed E-state index contributed by atoms with van der Waals surface area (Å²) in [4.78, 5) is 4.34. The number of rotatable bonds is 6. The van der Waals surface area contributed by atoms with Gasteiger partial charge in [0.2, 0.25) is 0 Å². The molecule has 0 aliphatic carbocycles. The van der Waals surface area contributed by atoms with Crippen LogP contribution in [0.25, 0.3) is 0 Å². The molecule has 0 saturated carbocycles. The van der Waals surface area contributed by atoms with Crippen LogP contribution in [0.2, 0.25) is 0 Å². The number of aromatic nitrogens is 2. The first-order valence-corrected chi connectivity index (χ1v) is 6.11. The van der Waals surface area contributed by atoms with Crippen LogP contribution in [-0.2, 0) is 13.0 Å². The van der Waals surface area contributed by atoms with Gasteiger partial charge in [0.15, 0.2) is 0 Å². The number of nitrogens with zero attached hydrogens (tertiary/aromatic N) is 2. The summed E-state index contributed by atoms with van der Waals surface area (Å²) in [6.45, 7) is 5.50. The van der Waals surface area contributed by atoms with E-state index >= 15 is 0 Å². The van der Waals surface area contributed by atoms with Gasteiger partial charge in [-0.1, -0.05) is 13.8 Å². The zero-order valence-electron chi connectivity index (χ0n) is 8.49. The van der Waals surface area contributed by atoms with Gasteiger partial charge in [-0.05, 0) is 12.2 Å². The van der Waals surface area contributed by atoms with Crippen LogP contribution in [0, 0.1) is 0 Å². The van der Waals surface area contributed by atoms with Crippen LogP contribution in [0.15, 0.2) is 12.4 Å². The highest BCUT2D eigenvalue weighted by Crippen LogP contribution is 2.05. The maximum atomic E-state index is 4.34. The fourth-order valence-corrected chi connectivity index (χ4v) is 1.92. The molecule has 0 unspecified atom stereocenters. The van der Waals surface area contributed by atoms with E-state index in [1.807, 2.05) is 18.0 Å². The first-order valence-electron chi connectivity index (χ1n) is 4.96. The van der Waals surface area contributed by atoms with Gasteiger partial charge in [0.1, 0.15) is 5.82 Å². The van der Waals surface area contributed by atoms with Crippen molar-refractivity contribution in [3.05, 3.63) is 18.2 Å². The Hall–Kier alpha value is -0.440. The van der Waals surface area contributed by atoms with Gasteiger partial charge in [-0.2, -0.15) is 11.8 Å². The van der Waals surface area contributed by atoms with Crippen LogP contribution < -0.4 is 0 Å². The summed E-state index contributed by atoms with van der Waals surface area (Å²) in [5.74, 6) is 3.64. The summed E-state index contributed by atoms with van der Waals surface area (Å²) in [5, 5.41) is 0. The lowest BCUT2D eigenvalue weighted by Crippen LogP contribution is -2.04. The number of hydrogen-bond acceptors (Lipinski definition) is 2. The van der Waals surface area contributed by atoms with E-state index in [4.69, 9.17) is 0 Å². The topological polar surface area (TPSA) is 17.8 Å². The molecule has 0 N–H and O–H groups in total. The molecule has 0 aromatic carbocycles. The van der Waals surface area contributed by atoms with Gasteiger partial charge >= 0.3 is 0 Å². The maximum Gasteiger partial charge on any atom is 0.108 e. The molecule has 0 spiro atoms. The first kappa shape index (κ1) is 10.6. The Balaban J connectivity index is 2.40. The zero-order valence-corrected chi connectivity index (χ0v) is 9.31. The average molecular weight is 198 g/mol. The summed E-state index contributed by atoms with van der Waals surface area (Å²) in [7, 11) is 0. The van der Waals surface area contributed by atoms with Crippen LogP contribution in [0.3, 0.4) is 0 Å². The molecule has 0 radical (unpaired) electrons. The van der Waals surface area contributed by atoms with Gasteiger partial charge in [-0.15, -0.1) is 0 Å². The number of aryl methyl sites for hydroxylation is 2. The normalized spacial score (nSPS) is 10.6. The summed E-state index contributed by atoms with van der Waals surface area (Å²) in [6.07, 6.45) is 6.27. The molecule has 0 bridgehead atoms. The standard InChI is InChI=1S/C10H18N2S/c1-3-5-10-11-6-7-12(10)8-9-13-4-2/h6-7H,3-5,8-9H2,1-2H3. The summed E-state index contributed by atoms with van der Waals surface area (Å²) in [6, 6.07) is 0. The average Bonchev–Trinajstić information content (AvgIpc) is 2.54.